The molecule has 6 heteroatoms. The van der Waals surface area contributed by atoms with Gasteiger partial charge >= 0.3 is 0 Å². The molecule has 1 saturated heterocycles. The van der Waals surface area contributed by atoms with Gasteiger partial charge in [-0.1, -0.05) is 17.7 Å². The summed E-state index contributed by atoms with van der Waals surface area (Å²) in [5.41, 5.74) is 4.99. The highest BCUT2D eigenvalue weighted by atomic mass is 16.5. The Balaban J connectivity index is 1.83. The SMILES string of the molecule is Cc1ccc(C(=O)Nc2c(C)nc(N3CCOCC3)nc2C)c(C)c1. The van der Waals surface area contributed by atoms with Gasteiger partial charge < -0.3 is 15.0 Å². The lowest BCUT2D eigenvalue weighted by molar-refractivity contribution is 0.102. The number of aromatic nitrogens is 2. The van der Waals surface area contributed by atoms with E-state index in [4.69, 9.17) is 4.74 Å². The lowest BCUT2D eigenvalue weighted by Crippen LogP contribution is -2.37. The van der Waals surface area contributed by atoms with Crippen LogP contribution in [0.25, 0.3) is 0 Å². The van der Waals surface area contributed by atoms with Gasteiger partial charge in [0.25, 0.3) is 5.91 Å². The quantitative estimate of drug-likeness (QED) is 0.930. The molecule has 0 unspecified atom stereocenters. The van der Waals surface area contributed by atoms with Crippen LogP contribution >= 0.6 is 0 Å². The Bertz CT molecular complexity index is 775. The number of hydrogen-bond donors (Lipinski definition) is 1. The minimum Gasteiger partial charge on any atom is -0.378 e. The fourth-order valence-corrected chi connectivity index (χ4v) is 3.03. The lowest BCUT2D eigenvalue weighted by Gasteiger charge is -2.27. The van der Waals surface area contributed by atoms with Gasteiger partial charge in [-0.2, -0.15) is 0 Å². The molecule has 0 atom stereocenters. The number of aryl methyl sites for hydroxylation is 4. The van der Waals surface area contributed by atoms with Crippen LogP contribution in [0.1, 0.15) is 32.9 Å². The molecule has 2 heterocycles. The summed E-state index contributed by atoms with van der Waals surface area (Å²) in [6.07, 6.45) is 0. The summed E-state index contributed by atoms with van der Waals surface area (Å²) in [5.74, 6) is 0.564. The number of nitrogens with one attached hydrogen (secondary N) is 1. The molecular formula is C19H24N4O2. The third kappa shape index (κ3) is 3.79. The Kier molecular flexibility index (Phi) is 4.99. The molecule has 0 saturated carbocycles. The van der Waals surface area contributed by atoms with Gasteiger partial charge in [0.1, 0.15) is 0 Å². The number of carbonyl (C=O) groups is 1. The van der Waals surface area contributed by atoms with Crippen molar-refractivity contribution in [3.05, 3.63) is 46.3 Å². The fourth-order valence-electron chi connectivity index (χ4n) is 3.03. The summed E-state index contributed by atoms with van der Waals surface area (Å²) in [7, 11) is 0. The van der Waals surface area contributed by atoms with Crippen LogP contribution < -0.4 is 10.2 Å². The third-order valence-electron chi connectivity index (χ3n) is 4.42. The molecular weight excluding hydrogens is 316 g/mol. The van der Waals surface area contributed by atoms with Crippen molar-refractivity contribution in [2.75, 3.05) is 36.5 Å². The molecule has 0 aliphatic carbocycles. The number of ether oxygens (including phenoxy) is 1. The van der Waals surface area contributed by atoms with Crippen LogP contribution in [0.2, 0.25) is 0 Å². The Morgan fingerprint density at radius 2 is 1.72 bits per heavy atom. The van der Waals surface area contributed by atoms with E-state index in [0.29, 0.717) is 30.4 Å². The van der Waals surface area contributed by atoms with E-state index in [0.717, 1.165) is 35.6 Å². The van der Waals surface area contributed by atoms with E-state index >= 15 is 0 Å². The van der Waals surface area contributed by atoms with Crippen molar-refractivity contribution in [1.82, 2.24) is 9.97 Å². The molecule has 1 aliphatic heterocycles. The van der Waals surface area contributed by atoms with Crippen molar-refractivity contribution >= 4 is 17.5 Å². The monoisotopic (exact) mass is 340 g/mol. The minimum absolute atomic E-state index is 0.133. The van der Waals surface area contributed by atoms with E-state index in [1.165, 1.54) is 0 Å². The average molecular weight is 340 g/mol. The Morgan fingerprint density at radius 1 is 1.08 bits per heavy atom. The number of morpholine rings is 1. The first-order chi connectivity index (χ1) is 12.0. The van der Waals surface area contributed by atoms with Gasteiger partial charge in [-0.25, -0.2) is 9.97 Å². The minimum atomic E-state index is -0.133. The molecule has 1 aromatic heterocycles. The van der Waals surface area contributed by atoms with Crippen molar-refractivity contribution in [2.45, 2.75) is 27.7 Å². The van der Waals surface area contributed by atoms with Crippen LogP contribution in [-0.4, -0.2) is 42.2 Å². The molecule has 1 aliphatic rings. The summed E-state index contributed by atoms with van der Waals surface area (Å²) in [4.78, 5) is 23.9. The molecule has 2 aromatic rings. The number of rotatable bonds is 3. The number of hydrogen-bond acceptors (Lipinski definition) is 5. The van der Waals surface area contributed by atoms with Crippen molar-refractivity contribution in [3.63, 3.8) is 0 Å². The fraction of sp³-hybridized carbons (Fsp3) is 0.421. The highest BCUT2D eigenvalue weighted by molar-refractivity contribution is 6.05. The van der Waals surface area contributed by atoms with Crippen molar-refractivity contribution in [1.29, 1.82) is 0 Å². The van der Waals surface area contributed by atoms with Crippen LogP contribution in [-0.2, 0) is 4.74 Å². The molecule has 1 fully saturated rings. The summed E-state index contributed by atoms with van der Waals surface area (Å²) < 4.78 is 5.37. The molecule has 1 aromatic carbocycles. The van der Waals surface area contributed by atoms with Gasteiger partial charge in [0.15, 0.2) is 0 Å². The van der Waals surface area contributed by atoms with Crippen molar-refractivity contribution < 1.29 is 9.53 Å². The summed E-state index contributed by atoms with van der Waals surface area (Å²) >= 11 is 0. The molecule has 1 N–H and O–H groups in total. The zero-order valence-electron chi connectivity index (χ0n) is 15.2. The van der Waals surface area contributed by atoms with E-state index in [-0.39, 0.29) is 5.91 Å². The summed E-state index contributed by atoms with van der Waals surface area (Å²) in [6.45, 7) is 10.7. The molecule has 25 heavy (non-hydrogen) atoms. The van der Waals surface area contributed by atoms with Crippen molar-refractivity contribution in [3.8, 4) is 0 Å². The maximum Gasteiger partial charge on any atom is 0.256 e. The molecule has 132 valence electrons. The number of carbonyl (C=O) groups excluding carboxylic acids is 1. The van der Waals surface area contributed by atoms with E-state index in [9.17, 15) is 4.79 Å². The van der Waals surface area contributed by atoms with E-state index < -0.39 is 0 Å². The van der Waals surface area contributed by atoms with Crippen LogP contribution in [0.3, 0.4) is 0 Å². The van der Waals surface area contributed by atoms with E-state index in [1.807, 2.05) is 45.9 Å². The maximum atomic E-state index is 12.6. The zero-order valence-corrected chi connectivity index (χ0v) is 15.2. The molecule has 1 amide bonds. The predicted octanol–water partition coefficient (Wildman–Crippen LogP) is 2.80. The first kappa shape index (κ1) is 17.4. The second kappa shape index (κ2) is 7.19. The van der Waals surface area contributed by atoms with Crippen LogP contribution in [0.15, 0.2) is 18.2 Å². The normalized spacial score (nSPS) is 14.5. The summed E-state index contributed by atoms with van der Waals surface area (Å²) in [6, 6.07) is 5.81. The van der Waals surface area contributed by atoms with E-state index in [1.54, 1.807) is 0 Å². The van der Waals surface area contributed by atoms with Crippen molar-refractivity contribution in [2.24, 2.45) is 0 Å². The summed E-state index contributed by atoms with van der Waals surface area (Å²) in [5, 5.41) is 2.98. The van der Waals surface area contributed by atoms with Gasteiger partial charge in [-0.15, -0.1) is 0 Å². The van der Waals surface area contributed by atoms with Crippen LogP contribution in [0.4, 0.5) is 11.6 Å². The second-order valence-corrected chi connectivity index (χ2v) is 6.44. The smallest absolute Gasteiger partial charge is 0.256 e. The van der Waals surface area contributed by atoms with E-state index in [2.05, 4.69) is 20.2 Å². The number of benzene rings is 1. The highest BCUT2D eigenvalue weighted by Gasteiger charge is 2.18. The standard InChI is InChI=1S/C19H24N4O2/c1-12-5-6-16(13(2)11-12)18(24)22-17-14(3)20-19(21-15(17)4)23-7-9-25-10-8-23/h5-6,11H,7-10H2,1-4H3,(H,22,24). The zero-order chi connectivity index (χ0) is 18.0. The Hall–Kier alpha value is -2.47. The average Bonchev–Trinajstić information content (AvgIpc) is 2.58. The lowest BCUT2D eigenvalue weighted by atomic mass is 10.1. The topological polar surface area (TPSA) is 67.4 Å². The first-order valence-corrected chi connectivity index (χ1v) is 8.52. The van der Waals surface area contributed by atoms with Gasteiger partial charge in [-0.05, 0) is 39.3 Å². The number of anilines is 2. The molecule has 0 radical (unpaired) electrons. The molecule has 0 spiro atoms. The van der Waals surface area contributed by atoms with Crippen LogP contribution in [0, 0.1) is 27.7 Å². The second-order valence-electron chi connectivity index (χ2n) is 6.44. The predicted molar refractivity (Wildman–Crippen MR) is 98.4 cm³/mol. The maximum absolute atomic E-state index is 12.6. The van der Waals surface area contributed by atoms with Gasteiger partial charge in [0.2, 0.25) is 5.95 Å². The highest BCUT2D eigenvalue weighted by Crippen LogP contribution is 2.22. The largest absolute Gasteiger partial charge is 0.378 e. The number of amides is 1. The third-order valence-corrected chi connectivity index (χ3v) is 4.42. The first-order valence-electron chi connectivity index (χ1n) is 8.52. The Labute approximate surface area is 148 Å². The van der Waals surface area contributed by atoms with Crippen LogP contribution in [0.5, 0.6) is 0 Å². The molecule has 6 nitrogen and oxygen atoms in total. The van der Waals surface area contributed by atoms with Gasteiger partial charge in [-0.3, -0.25) is 4.79 Å². The van der Waals surface area contributed by atoms with Gasteiger partial charge in [0, 0.05) is 18.7 Å². The number of nitrogens with zero attached hydrogens (tertiary/aromatic N) is 3. The molecule has 0 bridgehead atoms. The molecule has 3 rings (SSSR count). The van der Waals surface area contributed by atoms with Gasteiger partial charge in [0.05, 0.1) is 30.3 Å². The Morgan fingerprint density at radius 3 is 2.32 bits per heavy atom.